The number of rotatable bonds is 1. The Kier molecular flexibility index (Phi) is 3.14. The molecule has 1 unspecified atom stereocenters. The molecule has 0 saturated heterocycles. The van der Waals surface area contributed by atoms with Gasteiger partial charge in [0, 0.05) is 16.8 Å². The van der Waals surface area contributed by atoms with Gasteiger partial charge >= 0.3 is 0 Å². The molecule has 92 valence electrons. The molecule has 4 heteroatoms. The van der Waals surface area contributed by atoms with Gasteiger partial charge in [-0.05, 0) is 36.6 Å². The number of aryl methyl sites for hydroxylation is 1. The van der Waals surface area contributed by atoms with Gasteiger partial charge in [0.15, 0.2) is 0 Å². The third-order valence-corrected chi connectivity index (χ3v) is 3.52. The Hall–Kier alpha value is -1.25. The maximum Gasteiger partial charge on any atom is 0.217 e. The lowest BCUT2D eigenvalue weighted by molar-refractivity contribution is 0.168. The minimum absolute atomic E-state index is 0.0449. The third-order valence-electron chi connectivity index (χ3n) is 3.06. The summed E-state index contributed by atoms with van der Waals surface area (Å²) in [4.78, 5) is 4.23. The van der Waals surface area contributed by atoms with Gasteiger partial charge in [0.1, 0.15) is 6.10 Å². The predicted octanol–water partition coefficient (Wildman–Crippen LogP) is 4.45. The van der Waals surface area contributed by atoms with E-state index in [9.17, 15) is 0 Å². The first-order valence-corrected chi connectivity index (χ1v) is 6.54. The zero-order chi connectivity index (χ0) is 12.5. The SMILES string of the molecule is Clc1ccc(C2CCc3cc(Cl)cnc3O2)cc1. The minimum atomic E-state index is 0.0449. The van der Waals surface area contributed by atoms with Gasteiger partial charge < -0.3 is 4.74 Å². The standard InChI is InChI=1S/C14H11Cl2NO/c15-11-4-1-9(2-5-11)13-6-3-10-7-12(16)8-17-14(10)18-13/h1-2,4-5,7-8,13H,3,6H2. The summed E-state index contributed by atoms with van der Waals surface area (Å²) in [6.07, 6.45) is 3.51. The molecule has 1 aliphatic rings. The highest BCUT2D eigenvalue weighted by Crippen LogP contribution is 2.34. The molecule has 3 rings (SSSR count). The van der Waals surface area contributed by atoms with Crippen molar-refractivity contribution < 1.29 is 4.74 Å². The summed E-state index contributed by atoms with van der Waals surface area (Å²) < 4.78 is 5.90. The van der Waals surface area contributed by atoms with E-state index in [4.69, 9.17) is 27.9 Å². The lowest BCUT2D eigenvalue weighted by Crippen LogP contribution is -2.16. The highest BCUT2D eigenvalue weighted by Gasteiger charge is 2.22. The first-order valence-electron chi connectivity index (χ1n) is 5.79. The van der Waals surface area contributed by atoms with E-state index in [0.29, 0.717) is 10.9 Å². The molecule has 2 nitrogen and oxygen atoms in total. The summed E-state index contributed by atoms with van der Waals surface area (Å²) in [5.74, 6) is 0.686. The lowest BCUT2D eigenvalue weighted by Gasteiger charge is -2.25. The minimum Gasteiger partial charge on any atom is -0.469 e. The summed E-state index contributed by atoms with van der Waals surface area (Å²) in [5, 5.41) is 1.39. The largest absolute Gasteiger partial charge is 0.469 e. The van der Waals surface area contributed by atoms with E-state index in [1.54, 1.807) is 6.20 Å². The van der Waals surface area contributed by atoms with Gasteiger partial charge in [-0.2, -0.15) is 0 Å². The average Bonchev–Trinajstić information content (AvgIpc) is 2.39. The van der Waals surface area contributed by atoms with Crippen molar-refractivity contribution in [3.8, 4) is 5.88 Å². The van der Waals surface area contributed by atoms with Crippen LogP contribution >= 0.6 is 23.2 Å². The molecular weight excluding hydrogens is 269 g/mol. The fourth-order valence-electron chi connectivity index (χ4n) is 2.15. The maximum absolute atomic E-state index is 5.91. The van der Waals surface area contributed by atoms with E-state index < -0.39 is 0 Å². The summed E-state index contributed by atoms with van der Waals surface area (Å²) in [5.41, 5.74) is 2.20. The van der Waals surface area contributed by atoms with Gasteiger partial charge in [-0.15, -0.1) is 0 Å². The molecule has 1 aromatic carbocycles. The average molecular weight is 280 g/mol. The van der Waals surface area contributed by atoms with Gasteiger partial charge in [0.05, 0.1) is 5.02 Å². The van der Waals surface area contributed by atoms with Crippen LogP contribution in [0.2, 0.25) is 10.0 Å². The van der Waals surface area contributed by atoms with Gasteiger partial charge in [0.2, 0.25) is 5.88 Å². The van der Waals surface area contributed by atoms with Crippen LogP contribution in [0.25, 0.3) is 0 Å². The van der Waals surface area contributed by atoms with Crippen LogP contribution in [0.4, 0.5) is 0 Å². The van der Waals surface area contributed by atoms with Gasteiger partial charge in [-0.25, -0.2) is 4.98 Å². The monoisotopic (exact) mass is 279 g/mol. The second kappa shape index (κ2) is 4.79. The summed E-state index contributed by atoms with van der Waals surface area (Å²) in [7, 11) is 0. The summed E-state index contributed by atoms with van der Waals surface area (Å²) >= 11 is 11.8. The number of hydrogen-bond acceptors (Lipinski definition) is 2. The molecule has 0 radical (unpaired) electrons. The molecular formula is C14H11Cl2NO. The predicted molar refractivity (Wildman–Crippen MR) is 72.4 cm³/mol. The first kappa shape index (κ1) is 11.8. The van der Waals surface area contributed by atoms with Crippen molar-refractivity contribution in [3.05, 3.63) is 57.7 Å². The second-order valence-electron chi connectivity index (χ2n) is 4.31. The maximum atomic E-state index is 5.91. The summed E-state index contributed by atoms with van der Waals surface area (Å²) in [6, 6.07) is 9.67. The van der Waals surface area contributed by atoms with E-state index in [-0.39, 0.29) is 6.10 Å². The quantitative estimate of drug-likeness (QED) is 0.769. The molecule has 1 atom stereocenters. The molecule has 0 amide bonds. The molecule has 2 aromatic rings. The van der Waals surface area contributed by atoms with E-state index >= 15 is 0 Å². The molecule has 0 aliphatic carbocycles. The van der Waals surface area contributed by atoms with Crippen molar-refractivity contribution in [3.63, 3.8) is 0 Å². The van der Waals surface area contributed by atoms with Crippen LogP contribution in [0, 0.1) is 0 Å². The zero-order valence-electron chi connectivity index (χ0n) is 9.57. The Morgan fingerprint density at radius 1 is 1.11 bits per heavy atom. The topological polar surface area (TPSA) is 22.1 Å². The number of nitrogens with zero attached hydrogens (tertiary/aromatic N) is 1. The molecule has 0 N–H and O–H groups in total. The van der Waals surface area contributed by atoms with Gasteiger partial charge in [-0.3, -0.25) is 0 Å². The van der Waals surface area contributed by atoms with E-state index in [0.717, 1.165) is 29.0 Å². The fraction of sp³-hybridized carbons (Fsp3) is 0.214. The molecule has 1 aromatic heterocycles. The number of benzene rings is 1. The Morgan fingerprint density at radius 3 is 2.67 bits per heavy atom. The Balaban J connectivity index is 1.86. The fourth-order valence-corrected chi connectivity index (χ4v) is 2.45. The van der Waals surface area contributed by atoms with Gasteiger partial charge in [-0.1, -0.05) is 35.3 Å². The van der Waals surface area contributed by atoms with Crippen molar-refractivity contribution in [1.82, 2.24) is 4.98 Å². The molecule has 0 bridgehead atoms. The van der Waals surface area contributed by atoms with E-state index in [2.05, 4.69) is 4.98 Å². The van der Waals surface area contributed by atoms with Gasteiger partial charge in [0.25, 0.3) is 0 Å². The van der Waals surface area contributed by atoms with Crippen LogP contribution in [0.1, 0.15) is 23.7 Å². The Bertz CT molecular complexity index is 569. The third kappa shape index (κ3) is 2.31. The Labute approximate surface area is 116 Å². The van der Waals surface area contributed by atoms with E-state index in [1.165, 1.54) is 0 Å². The molecule has 1 aliphatic heterocycles. The van der Waals surface area contributed by atoms with Crippen LogP contribution in [0.3, 0.4) is 0 Å². The highest BCUT2D eigenvalue weighted by atomic mass is 35.5. The normalized spacial score (nSPS) is 18.0. The van der Waals surface area contributed by atoms with Crippen molar-refractivity contribution in [2.45, 2.75) is 18.9 Å². The van der Waals surface area contributed by atoms with Crippen molar-refractivity contribution in [1.29, 1.82) is 0 Å². The first-order chi connectivity index (χ1) is 8.72. The number of halogens is 2. The van der Waals surface area contributed by atoms with Crippen LogP contribution in [0.15, 0.2) is 36.5 Å². The number of aromatic nitrogens is 1. The Morgan fingerprint density at radius 2 is 1.89 bits per heavy atom. The number of pyridine rings is 1. The lowest BCUT2D eigenvalue weighted by atomic mass is 9.99. The van der Waals surface area contributed by atoms with E-state index in [1.807, 2.05) is 30.3 Å². The molecule has 0 spiro atoms. The highest BCUT2D eigenvalue weighted by molar-refractivity contribution is 6.30. The van der Waals surface area contributed by atoms with Crippen molar-refractivity contribution >= 4 is 23.2 Å². The molecule has 0 saturated carbocycles. The van der Waals surface area contributed by atoms with Crippen molar-refractivity contribution in [2.75, 3.05) is 0 Å². The van der Waals surface area contributed by atoms with Crippen LogP contribution in [-0.2, 0) is 6.42 Å². The number of hydrogen-bond donors (Lipinski definition) is 0. The van der Waals surface area contributed by atoms with Crippen LogP contribution in [0.5, 0.6) is 5.88 Å². The van der Waals surface area contributed by atoms with Crippen LogP contribution < -0.4 is 4.74 Å². The molecule has 0 fully saturated rings. The number of fused-ring (bicyclic) bond motifs is 1. The molecule has 18 heavy (non-hydrogen) atoms. The second-order valence-corrected chi connectivity index (χ2v) is 5.19. The summed E-state index contributed by atoms with van der Waals surface area (Å²) in [6.45, 7) is 0. The zero-order valence-corrected chi connectivity index (χ0v) is 11.1. The smallest absolute Gasteiger partial charge is 0.217 e. The van der Waals surface area contributed by atoms with Crippen molar-refractivity contribution in [2.24, 2.45) is 0 Å². The molecule has 2 heterocycles. The van der Waals surface area contributed by atoms with Crippen LogP contribution in [-0.4, -0.2) is 4.98 Å². The number of ether oxygens (including phenoxy) is 1.